The van der Waals surface area contributed by atoms with Crippen LogP contribution in [-0.2, 0) is 14.9 Å². The minimum absolute atomic E-state index is 0.478. The summed E-state index contributed by atoms with van der Waals surface area (Å²) in [6, 6.07) is 10.2. The molecule has 0 unspecified atom stereocenters. The zero-order valence-electron chi connectivity index (χ0n) is 14.6. The molecule has 1 amide bonds. The molecule has 136 valence electrons. The van der Waals surface area contributed by atoms with E-state index in [1.54, 1.807) is 6.08 Å². The summed E-state index contributed by atoms with van der Waals surface area (Å²) >= 11 is 0. The van der Waals surface area contributed by atoms with Crippen LogP contribution in [-0.4, -0.2) is 30.2 Å². The van der Waals surface area contributed by atoms with Crippen LogP contribution in [0.15, 0.2) is 73.9 Å². The van der Waals surface area contributed by atoms with E-state index in [1.165, 1.54) is 19.4 Å². The molecule has 1 aromatic carbocycles. The number of nitrogens with one attached hydrogen (secondary N) is 1. The molecule has 25 heavy (non-hydrogen) atoms. The monoisotopic (exact) mass is 363 g/mol. The second-order valence-electron chi connectivity index (χ2n) is 5.69. The summed E-state index contributed by atoms with van der Waals surface area (Å²) in [4.78, 5) is 10.8. The van der Waals surface area contributed by atoms with Gasteiger partial charge in [-0.3, -0.25) is 9.35 Å². The molecule has 0 bridgehead atoms. The Morgan fingerprint density at radius 2 is 1.76 bits per heavy atom. The SMILES string of the molecule is C=CC(=O)NC(C)(C)CS(=O)(=O)O.C=CC=CC=Cc1ccccc1. The highest BCUT2D eigenvalue weighted by atomic mass is 32.2. The quantitative estimate of drug-likeness (QED) is 0.442. The smallest absolute Gasteiger partial charge is 0.267 e. The number of amides is 1. The molecular weight excluding hydrogens is 338 g/mol. The minimum Gasteiger partial charge on any atom is -0.347 e. The summed E-state index contributed by atoms with van der Waals surface area (Å²) in [5.74, 6) is -1.01. The normalized spacial score (nSPS) is 11.6. The molecule has 0 aliphatic carbocycles. The molecule has 1 aromatic rings. The molecule has 0 aliphatic heterocycles. The zero-order valence-corrected chi connectivity index (χ0v) is 15.4. The molecule has 2 N–H and O–H groups in total. The third-order valence-electron chi connectivity index (χ3n) is 2.64. The fourth-order valence-corrected chi connectivity index (χ4v) is 2.73. The third-order valence-corrected chi connectivity index (χ3v) is 3.72. The number of allylic oxidation sites excluding steroid dienone is 4. The standard InChI is InChI=1S/C12H12.C7H13NO4S/c1-2-3-4-6-9-12-10-7-5-8-11-12;1-4-6(9)8-7(2,3)5-13(10,11)12/h2-11H,1H2;4H,1,5H2,2-3H3,(H,8,9)(H,10,11,12). The van der Waals surface area contributed by atoms with Gasteiger partial charge in [-0.05, 0) is 25.5 Å². The molecule has 0 heterocycles. The Morgan fingerprint density at radius 3 is 2.24 bits per heavy atom. The zero-order chi connectivity index (χ0) is 19.3. The van der Waals surface area contributed by atoms with Gasteiger partial charge in [0, 0.05) is 0 Å². The summed E-state index contributed by atoms with van der Waals surface area (Å²) in [5, 5.41) is 2.37. The maximum Gasteiger partial charge on any atom is 0.267 e. The molecule has 0 radical (unpaired) electrons. The van der Waals surface area contributed by atoms with Crippen LogP contribution >= 0.6 is 0 Å². The first-order valence-corrected chi connectivity index (χ1v) is 9.11. The summed E-state index contributed by atoms with van der Waals surface area (Å²) in [6.07, 6.45) is 10.7. The van der Waals surface area contributed by atoms with Gasteiger partial charge >= 0.3 is 0 Å². The van der Waals surface area contributed by atoms with Crippen LogP contribution in [0.25, 0.3) is 6.08 Å². The van der Waals surface area contributed by atoms with E-state index in [1.807, 2.05) is 36.4 Å². The van der Waals surface area contributed by atoms with Crippen LogP contribution in [0.3, 0.4) is 0 Å². The molecule has 0 saturated heterocycles. The molecule has 0 fully saturated rings. The van der Waals surface area contributed by atoms with Gasteiger partial charge in [0.2, 0.25) is 5.91 Å². The Labute approximate surface area is 150 Å². The van der Waals surface area contributed by atoms with Crippen LogP contribution in [0.4, 0.5) is 0 Å². The second-order valence-corrected chi connectivity index (χ2v) is 7.15. The summed E-state index contributed by atoms with van der Waals surface area (Å²) < 4.78 is 29.5. The van der Waals surface area contributed by atoms with Crippen molar-refractivity contribution in [3.05, 3.63) is 79.4 Å². The lowest BCUT2D eigenvalue weighted by Crippen LogP contribution is -2.47. The van der Waals surface area contributed by atoms with Crippen molar-refractivity contribution in [3.8, 4) is 0 Å². The Balaban J connectivity index is 0.000000462. The van der Waals surface area contributed by atoms with E-state index in [0.29, 0.717) is 0 Å². The van der Waals surface area contributed by atoms with Crippen molar-refractivity contribution in [1.82, 2.24) is 5.32 Å². The van der Waals surface area contributed by atoms with Crippen molar-refractivity contribution >= 4 is 22.1 Å². The van der Waals surface area contributed by atoms with Gasteiger partial charge in [0.1, 0.15) is 0 Å². The van der Waals surface area contributed by atoms with E-state index in [9.17, 15) is 13.2 Å². The molecule has 6 heteroatoms. The van der Waals surface area contributed by atoms with Gasteiger partial charge in [-0.15, -0.1) is 0 Å². The average Bonchev–Trinajstić information content (AvgIpc) is 2.50. The second kappa shape index (κ2) is 11.2. The van der Waals surface area contributed by atoms with Gasteiger partial charge in [-0.25, -0.2) is 0 Å². The van der Waals surface area contributed by atoms with E-state index in [-0.39, 0.29) is 0 Å². The van der Waals surface area contributed by atoms with Crippen LogP contribution in [0.5, 0.6) is 0 Å². The number of hydrogen-bond acceptors (Lipinski definition) is 3. The predicted molar refractivity (Wildman–Crippen MR) is 104 cm³/mol. The molecule has 0 atom stereocenters. The lowest BCUT2D eigenvalue weighted by Gasteiger charge is -2.23. The summed E-state index contributed by atoms with van der Waals surface area (Å²) in [6.45, 7) is 9.78. The van der Waals surface area contributed by atoms with Crippen molar-refractivity contribution in [2.75, 3.05) is 5.75 Å². The Morgan fingerprint density at radius 1 is 1.16 bits per heavy atom. The number of carbonyl (C=O) groups excluding carboxylic acids is 1. The lowest BCUT2D eigenvalue weighted by molar-refractivity contribution is -0.117. The molecule has 0 spiro atoms. The number of benzene rings is 1. The van der Waals surface area contributed by atoms with E-state index >= 15 is 0 Å². The maximum atomic E-state index is 10.8. The lowest BCUT2D eigenvalue weighted by atomic mass is 10.1. The van der Waals surface area contributed by atoms with Gasteiger partial charge in [0.15, 0.2) is 0 Å². The fraction of sp³-hybridized carbons (Fsp3) is 0.211. The molecule has 0 aliphatic rings. The highest BCUT2D eigenvalue weighted by Gasteiger charge is 2.25. The van der Waals surface area contributed by atoms with E-state index < -0.39 is 27.3 Å². The summed E-state index contributed by atoms with van der Waals surface area (Å²) in [7, 11) is -4.08. The molecule has 5 nitrogen and oxygen atoms in total. The van der Waals surface area contributed by atoms with Gasteiger partial charge in [-0.1, -0.05) is 73.9 Å². The van der Waals surface area contributed by atoms with Crippen LogP contribution in [0, 0.1) is 0 Å². The molecular formula is C19H25NO4S. The first-order chi connectivity index (χ1) is 11.6. The van der Waals surface area contributed by atoms with Gasteiger partial charge < -0.3 is 5.32 Å². The Kier molecular flexibility index (Phi) is 10.1. The Bertz CT molecular complexity index is 717. The van der Waals surface area contributed by atoms with Crippen molar-refractivity contribution in [2.24, 2.45) is 0 Å². The predicted octanol–water partition coefficient (Wildman–Crippen LogP) is 3.40. The molecule has 0 aromatic heterocycles. The number of hydrogen-bond donors (Lipinski definition) is 2. The van der Waals surface area contributed by atoms with E-state index in [4.69, 9.17) is 4.55 Å². The Hall–Kier alpha value is -2.44. The number of rotatable bonds is 7. The summed E-state index contributed by atoms with van der Waals surface area (Å²) in [5.41, 5.74) is 0.213. The highest BCUT2D eigenvalue weighted by molar-refractivity contribution is 7.85. The van der Waals surface area contributed by atoms with E-state index in [2.05, 4.69) is 36.7 Å². The van der Waals surface area contributed by atoms with Crippen molar-refractivity contribution in [2.45, 2.75) is 19.4 Å². The third kappa shape index (κ3) is 13.7. The van der Waals surface area contributed by atoms with Gasteiger partial charge in [-0.2, -0.15) is 8.42 Å². The first kappa shape index (κ1) is 22.6. The van der Waals surface area contributed by atoms with Crippen molar-refractivity contribution < 1.29 is 17.8 Å². The van der Waals surface area contributed by atoms with Crippen LogP contribution in [0.1, 0.15) is 19.4 Å². The van der Waals surface area contributed by atoms with Crippen LogP contribution in [0.2, 0.25) is 0 Å². The minimum atomic E-state index is -4.08. The first-order valence-electron chi connectivity index (χ1n) is 7.50. The maximum absolute atomic E-state index is 10.8. The van der Waals surface area contributed by atoms with Crippen LogP contribution < -0.4 is 5.32 Å². The highest BCUT2D eigenvalue weighted by Crippen LogP contribution is 2.05. The average molecular weight is 363 g/mol. The molecule has 0 saturated carbocycles. The fourth-order valence-electron chi connectivity index (χ4n) is 1.75. The number of carbonyl (C=O) groups is 1. The van der Waals surface area contributed by atoms with Gasteiger partial charge in [0.05, 0.1) is 11.3 Å². The van der Waals surface area contributed by atoms with E-state index in [0.717, 1.165) is 6.08 Å². The largest absolute Gasteiger partial charge is 0.347 e. The van der Waals surface area contributed by atoms with Crippen molar-refractivity contribution in [3.63, 3.8) is 0 Å². The topological polar surface area (TPSA) is 83.5 Å². The van der Waals surface area contributed by atoms with Gasteiger partial charge in [0.25, 0.3) is 10.1 Å². The molecule has 1 rings (SSSR count). The van der Waals surface area contributed by atoms with Crippen molar-refractivity contribution in [1.29, 1.82) is 0 Å².